The molecule has 105 valence electrons. The van der Waals surface area contributed by atoms with Crippen molar-refractivity contribution in [2.24, 2.45) is 4.30 Å². The first kappa shape index (κ1) is 18.7. The van der Waals surface area contributed by atoms with Gasteiger partial charge in [-0.1, -0.05) is 11.6 Å². The monoisotopic (exact) mass is 378 g/mol. The molecule has 20 heavy (non-hydrogen) atoms. The number of thiol groups is 1. The summed E-state index contributed by atoms with van der Waals surface area (Å²) in [6.07, 6.45) is 3.70. The van der Waals surface area contributed by atoms with Crippen LogP contribution in [0.25, 0.3) is 0 Å². The van der Waals surface area contributed by atoms with Crippen LogP contribution < -0.4 is 11.5 Å². The molecule has 0 fully saturated rings. The van der Waals surface area contributed by atoms with Gasteiger partial charge in [-0.3, -0.25) is 4.98 Å². The molecular formula is C8H8BBrClFN7S. The molecule has 1 radical (unpaired) electrons. The summed E-state index contributed by atoms with van der Waals surface area (Å²) in [6.45, 7) is 0. The van der Waals surface area contributed by atoms with Gasteiger partial charge in [0.2, 0.25) is 5.95 Å². The molecule has 2 aromatic heterocycles. The van der Waals surface area contributed by atoms with Crippen LogP contribution in [0.5, 0.6) is 0 Å². The van der Waals surface area contributed by atoms with Gasteiger partial charge >= 0.3 is 24.8 Å². The number of rotatable bonds is 0. The minimum absolute atomic E-state index is 0.102. The fourth-order valence-electron chi connectivity index (χ4n) is 0.722. The fourth-order valence-corrected chi connectivity index (χ4v) is 1.05. The molecule has 0 aliphatic heterocycles. The molecule has 0 bridgehead atoms. The van der Waals surface area contributed by atoms with Crippen LogP contribution in [-0.4, -0.2) is 27.6 Å². The molecule has 2 rings (SSSR count). The maximum atomic E-state index is 11.9. The Bertz CT molecular complexity index is 547. The molecule has 2 aromatic rings. The average Bonchev–Trinajstić information content (AvgIpc) is 2.36. The molecule has 0 aromatic carbocycles. The predicted octanol–water partition coefficient (Wildman–Crippen LogP) is 1.86. The van der Waals surface area contributed by atoms with Crippen LogP contribution in [-0.2, 0) is 0 Å². The number of hydrogen-bond donors (Lipinski definition) is 3. The van der Waals surface area contributed by atoms with Crippen LogP contribution in [0.2, 0.25) is 5.15 Å². The summed E-state index contributed by atoms with van der Waals surface area (Å²) in [6, 6.07) is 0. The predicted molar refractivity (Wildman–Crippen MR) is 82.7 cm³/mol. The van der Waals surface area contributed by atoms with Crippen molar-refractivity contribution in [2.75, 3.05) is 11.5 Å². The van der Waals surface area contributed by atoms with Gasteiger partial charge in [0.1, 0.15) is 15.6 Å². The Morgan fingerprint density at radius 1 is 1.30 bits per heavy atom. The number of anilines is 2. The Kier molecular flexibility index (Phi) is 9.77. The summed E-state index contributed by atoms with van der Waals surface area (Å²) in [4.78, 5) is 14.1. The van der Waals surface area contributed by atoms with E-state index in [-0.39, 0.29) is 5.82 Å². The van der Waals surface area contributed by atoms with E-state index in [9.17, 15) is 4.39 Å². The molecule has 0 saturated carbocycles. The van der Waals surface area contributed by atoms with Gasteiger partial charge in [-0.05, 0) is 15.9 Å². The van der Waals surface area contributed by atoms with Gasteiger partial charge in [0, 0.05) is 0 Å². The van der Waals surface area contributed by atoms with E-state index in [1.54, 1.807) is 0 Å². The van der Waals surface area contributed by atoms with E-state index in [0.29, 0.717) is 15.6 Å². The van der Waals surface area contributed by atoms with Crippen LogP contribution in [0, 0.1) is 5.95 Å². The summed E-state index contributed by atoms with van der Waals surface area (Å²) in [7, 11) is 4.34. The topological polar surface area (TPSA) is 116 Å². The molecule has 0 saturated heterocycles. The summed E-state index contributed by atoms with van der Waals surface area (Å²) < 4.78 is 15.1. The molecule has 7 nitrogen and oxygen atoms in total. The molecule has 0 aliphatic rings. The van der Waals surface area contributed by atoms with Crippen molar-refractivity contribution in [3.63, 3.8) is 0 Å². The Labute approximate surface area is 134 Å². The van der Waals surface area contributed by atoms with E-state index in [0.717, 1.165) is 6.20 Å². The van der Waals surface area contributed by atoms with Crippen LogP contribution in [0.1, 0.15) is 0 Å². The molecule has 4 N–H and O–H groups in total. The van der Waals surface area contributed by atoms with Gasteiger partial charge < -0.3 is 11.5 Å². The quantitative estimate of drug-likeness (QED) is 0.475. The van der Waals surface area contributed by atoms with Crippen LogP contribution in [0.4, 0.5) is 16.0 Å². The Morgan fingerprint density at radius 3 is 2.25 bits per heavy atom. The molecule has 0 amide bonds. The van der Waals surface area contributed by atoms with E-state index in [4.69, 9.17) is 23.1 Å². The molecule has 12 heteroatoms. The molecular weight excluding hydrogens is 371 g/mol. The summed E-state index contributed by atoms with van der Waals surface area (Å²) >= 11 is 11.7. The van der Waals surface area contributed by atoms with E-state index in [2.05, 4.69) is 60.6 Å². The van der Waals surface area contributed by atoms with E-state index in [1.165, 1.54) is 12.4 Å². The van der Waals surface area contributed by atoms with Gasteiger partial charge in [0.15, 0.2) is 5.82 Å². The second-order valence-electron chi connectivity index (χ2n) is 2.75. The second-order valence-corrected chi connectivity index (χ2v) is 4.12. The number of nitrogen functional groups attached to an aromatic ring is 2. The van der Waals surface area contributed by atoms with Crippen molar-refractivity contribution >= 4 is 59.6 Å². The van der Waals surface area contributed by atoms with Crippen LogP contribution in [0.3, 0.4) is 0 Å². The zero-order valence-electron chi connectivity index (χ0n) is 9.78. The number of hydrogen-bond acceptors (Lipinski definition) is 8. The summed E-state index contributed by atoms with van der Waals surface area (Å²) in [5, 5.41) is 0.302. The second kappa shape index (κ2) is 10.5. The summed E-state index contributed by atoms with van der Waals surface area (Å²) in [5.41, 5.74) is 10.4. The van der Waals surface area contributed by atoms with Crippen LogP contribution >= 0.6 is 40.3 Å². The Balaban J connectivity index is 0.000000304. The Morgan fingerprint density at radius 2 is 1.90 bits per heavy atom. The van der Waals surface area contributed by atoms with Gasteiger partial charge in [-0.2, -0.15) is 9.37 Å². The normalized spacial score (nSPS) is 8.55. The van der Waals surface area contributed by atoms with Crippen molar-refractivity contribution in [3.8, 4) is 0 Å². The van der Waals surface area contributed by atoms with Gasteiger partial charge in [-0.15, -0.1) is 0 Å². The maximum absolute atomic E-state index is 11.9. The SMILES string of the molecule is Nc1cncc(F)n1.Nc1nc(Cl)cnc1Br.[B]=NS. The molecule has 2 heterocycles. The third-order valence-corrected chi connectivity index (χ3v) is 2.14. The minimum atomic E-state index is -0.648. The number of nitrogens with two attached hydrogens (primary N) is 2. The van der Waals surface area contributed by atoms with Gasteiger partial charge in [-0.25, -0.2) is 9.97 Å². The van der Waals surface area contributed by atoms with Gasteiger partial charge in [0.25, 0.3) is 0 Å². The van der Waals surface area contributed by atoms with Crippen molar-refractivity contribution < 1.29 is 4.39 Å². The molecule has 0 unspecified atom stereocenters. The first-order valence-corrected chi connectivity index (χ1v) is 6.18. The van der Waals surface area contributed by atoms with Crippen molar-refractivity contribution in [1.29, 1.82) is 0 Å². The van der Waals surface area contributed by atoms with Gasteiger partial charge in [0.05, 0.1) is 18.6 Å². The average molecular weight is 379 g/mol. The standard InChI is InChI=1S/C4H3BrClN3.C4H4FN3.BHNS/c5-3-4(7)9-2(6)1-8-3;5-3-1-7-2-4(6)8-3;1-2-3/h1H,(H2,7,9);1-2H,(H2,6,8);3H. The first-order chi connectivity index (χ1) is 9.40. The molecule has 0 aliphatic carbocycles. The number of aromatic nitrogens is 4. The molecule has 0 atom stereocenters. The van der Waals surface area contributed by atoms with E-state index in [1.807, 2.05) is 0 Å². The zero-order valence-corrected chi connectivity index (χ0v) is 13.0. The Hall–Kier alpha value is -1.33. The zero-order chi connectivity index (χ0) is 15.5. The first-order valence-electron chi connectivity index (χ1n) is 4.61. The van der Waals surface area contributed by atoms with Crippen molar-refractivity contribution in [1.82, 2.24) is 19.9 Å². The van der Waals surface area contributed by atoms with E-state index < -0.39 is 5.95 Å². The van der Waals surface area contributed by atoms with E-state index >= 15 is 0 Å². The third kappa shape index (κ3) is 8.72. The fraction of sp³-hybridized carbons (Fsp3) is 0. The van der Waals surface area contributed by atoms with Crippen LogP contribution in [0.15, 0.2) is 27.5 Å². The molecule has 0 spiro atoms. The summed E-state index contributed by atoms with van der Waals surface area (Å²) in [5.74, 6) is -0.238. The number of nitrogens with zero attached hydrogens (tertiary/aromatic N) is 5. The van der Waals surface area contributed by atoms with Crippen molar-refractivity contribution in [3.05, 3.63) is 34.3 Å². The number of halogens is 3. The third-order valence-electron chi connectivity index (χ3n) is 1.35. The van der Waals surface area contributed by atoms with Crippen molar-refractivity contribution in [2.45, 2.75) is 0 Å².